The number of hydrogen-bond acceptors (Lipinski definition) is 3. The molecule has 4 heteroatoms. The van der Waals surface area contributed by atoms with Gasteiger partial charge in [0.15, 0.2) is 0 Å². The molecule has 3 nitrogen and oxygen atoms in total. The normalized spacial score (nSPS) is 37.0. The van der Waals surface area contributed by atoms with E-state index in [2.05, 4.69) is 17.9 Å². The van der Waals surface area contributed by atoms with E-state index in [1.54, 1.807) is 0 Å². The van der Waals surface area contributed by atoms with Crippen LogP contribution >= 0.6 is 12.6 Å². The van der Waals surface area contributed by atoms with Crippen LogP contribution in [0, 0.1) is 0 Å². The summed E-state index contributed by atoms with van der Waals surface area (Å²) in [6.07, 6.45) is 0. The number of hydrogen-bond donors (Lipinski definition) is 2. The number of rotatable bonds is 0. The average molecular weight is 146 g/mol. The quantitative estimate of drug-likeness (QED) is 0.458. The fourth-order valence-corrected chi connectivity index (χ4v) is 0.964. The molecule has 1 N–H and O–H groups in total. The topological polar surface area (TPSA) is 32.3 Å². The fourth-order valence-electron chi connectivity index (χ4n) is 0.768. The lowest BCUT2D eigenvalue weighted by Crippen LogP contribution is -2.41. The summed E-state index contributed by atoms with van der Waals surface area (Å²) in [6.45, 7) is 2.29. The molecule has 1 heterocycles. The van der Waals surface area contributed by atoms with Crippen LogP contribution in [0.15, 0.2) is 0 Å². The molecule has 1 aliphatic heterocycles. The zero-order chi connectivity index (χ0) is 7.07. The molecule has 0 aromatic rings. The summed E-state index contributed by atoms with van der Waals surface area (Å²) in [5.74, 6) is 0.0370. The molecule has 1 atom stereocenters. The third-order valence-corrected chi connectivity index (χ3v) is 1.95. The Kier molecular flexibility index (Phi) is 1.44. The third kappa shape index (κ3) is 1.19. The molecule has 1 saturated heterocycles. The van der Waals surface area contributed by atoms with Gasteiger partial charge in [0.2, 0.25) is 5.91 Å². The molecule has 0 radical (unpaired) electrons. The maximum absolute atomic E-state index is 10.7. The number of carbonyl (C=O) groups excluding carboxylic acids is 1. The van der Waals surface area contributed by atoms with Crippen LogP contribution in [-0.2, 0) is 4.79 Å². The summed E-state index contributed by atoms with van der Waals surface area (Å²) in [5.41, 5.74) is 0. The minimum absolute atomic E-state index is 0.0370. The van der Waals surface area contributed by atoms with Gasteiger partial charge in [-0.05, 0) is 14.0 Å². The number of nitrogens with zero attached hydrogens (tertiary/aromatic N) is 1. The van der Waals surface area contributed by atoms with Gasteiger partial charge in [-0.25, -0.2) is 0 Å². The Morgan fingerprint density at radius 1 is 1.89 bits per heavy atom. The van der Waals surface area contributed by atoms with Crippen LogP contribution in [0.1, 0.15) is 6.92 Å². The standard InChI is InChI=1S/C5H10N2OS/c1-5(9)6-4(8)3-7(5)2/h9H,3H2,1-2H3,(H,6,8). The Morgan fingerprint density at radius 3 is 2.56 bits per heavy atom. The van der Waals surface area contributed by atoms with Crippen LogP contribution in [0.2, 0.25) is 0 Å². The zero-order valence-electron chi connectivity index (χ0n) is 5.51. The van der Waals surface area contributed by atoms with Crippen molar-refractivity contribution in [2.45, 2.75) is 11.9 Å². The number of nitrogens with one attached hydrogen (secondary N) is 1. The van der Waals surface area contributed by atoms with Crippen LogP contribution in [-0.4, -0.2) is 29.4 Å². The highest BCUT2D eigenvalue weighted by Crippen LogP contribution is 2.17. The molecule has 52 valence electrons. The second kappa shape index (κ2) is 1.88. The smallest absolute Gasteiger partial charge is 0.236 e. The Morgan fingerprint density at radius 2 is 2.44 bits per heavy atom. The highest BCUT2D eigenvalue weighted by Gasteiger charge is 2.34. The van der Waals surface area contributed by atoms with E-state index >= 15 is 0 Å². The molecule has 0 bridgehead atoms. The van der Waals surface area contributed by atoms with Crippen LogP contribution in [0.3, 0.4) is 0 Å². The summed E-state index contributed by atoms with van der Waals surface area (Å²) < 4.78 is 0. The monoisotopic (exact) mass is 146 g/mol. The van der Waals surface area contributed by atoms with Crippen molar-refractivity contribution >= 4 is 18.5 Å². The predicted molar refractivity (Wildman–Crippen MR) is 38.2 cm³/mol. The molecule has 1 unspecified atom stereocenters. The molecule has 0 aromatic carbocycles. The van der Waals surface area contributed by atoms with Gasteiger partial charge in [0.1, 0.15) is 4.99 Å². The Labute approximate surface area is 59.8 Å². The van der Waals surface area contributed by atoms with E-state index in [1.807, 2.05) is 18.9 Å². The molecule has 0 aliphatic carbocycles. The maximum Gasteiger partial charge on any atom is 0.236 e. The first-order chi connectivity index (χ1) is 4.02. The summed E-state index contributed by atoms with van der Waals surface area (Å²) >= 11 is 4.20. The molecule has 1 aliphatic rings. The molecule has 1 fully saturated rings. The number of likely N-dealkylation sites (N-methyl/N-ethyl adjacent to an activating group) is 1. The zero-order valence-corrected chi connectivity index (χ0v) is 6.40. The van der Waals surface area contributed by atoms with E-state index in [-0.39, 0.29) is 5.91 Å². The second-order valence-corrected chi connectivity index (χ2v) is 3.30. The van der Waals surface area contributed by atoms with Gasteiger partial charge in [-0.1, -0.05) is 0 Å². The summed E-state index contributed by atoms with van der Waals surface area (Å²) in [6, 6.07) is 0. The Bertz CT molecular complexity index is 146. The first-order valence-corrected chi connectivity index (χ1v) is 3.22. The molecule has 0 aromatic heterocycles. The minimum Gasteiger partial charge on any atom is -0.328 e. The molecule has 1 rings (SSSR count). The fraction of sp³-hybridized carbons (Fsp3) is 0.800. The van der Waals surface area contributed by atoms with Gasteiger partial charge in [0.25, 0.3) is 0 Å². The van der Waals surface area contributed by atoms with Crippen LogP contribution < -0.4 is 5.32 Å². The summed E-state index contributed by atoms with van der Waals surface area (Å²) in [7, 11) is 1.85. The number of thiol groups is 1. The van der Waals surface area contributed by atoms with E-state index in [0.29, 0.717) is 6.54 Å². The highest BCUT2D eigenvalue weighted by atomic mass is 32.1. The second-order valence-electron chi connectivity index (χ2n) is 2.43. The summed E-state index contributed by atoms with van der Waals surface area (Å²) in [4.78, 5) is 12.1. The van der Waals surface area contributed by atoms with Crippen LogP contribution in [0.25, 0.3) is 0 Å². The molecule has 1 amide bonds. The lowest BCUT2D eigenvalue weighted by Gasteiger charge is -2.24. The molecular weight excluding hydrogens is 136 g/mol. The minimum atomic E-state index is -0.447. The predicted octanol–water partition coefficient (Wildman–Crippen LogP) is -0.348. The van der Waals surface area contributed by atoms with Crippen molar-refractivity contribution in [2.75, 3.05) is 13.6 Å². The highest BCUT2D eigenvalue weighted by molar-refractivity contribution is 7.81. The molecular formula is C5H10N2OS. The first-order valence-electron chi connectivity index (χ1n) is 2.77. The molecule has 9 heavy (non-hydrogen) atoms. The molecule has 0 spiro atoms. The van der Waals surface area contributed by atoms with Crippen molar-refractivity contribution in [2.24, 2.45) is 0 Å². The van der Waals surface area contributed by atoms with E-state index in [9.17, 15) is 4.79 Å². The first kappa shape index (κ1) is 6.89. The van der Waals surface area contributed by atoms with Gasteiger partial charge in [0, 0.05) is 0 Å². The van der Waals surface area contributed by atoms with Crippen molar-refractivity contribution in [1.82, 2.24) is 10.2 Å². The molecule has 0 saturated carbocycles. The van der Waals surface area contributed by atoms with Gasteiger partial charge in [-0.2, -0.15) is 0 Å². The van der Waals surface area contributed by atoms with Gasteiger partial charge < -0.3 is 5.32 Å². The largest absolute Gasteiger partial charge is 0.328 e. The SMILES string of the molecule is CN1CC(=O)NC1(C)S. The van der Waals surface area contributed by atoms with Crippen molar-refractivity contribution < 1.29 is 4.79 Å². The summed E-state index contributed by atoms with van der Waals surface area (Å²) in [5, 5.41) is 2.69. The van der Waals surface area contributed by atoms with E-state index in [1.165, 1.54) is 0 Å². The average Bonchev–Trinajstić information content (AvgIpc) is 1.79. The Balaban J connectivity index is 2.69. The maximum atomic E-state index is 10.7. The van der Waals surface area contributed by atoms with Gasteiger partial charge in [-0.15, -0.1) is 12.6 Å². The van der Waals surface area contributed by atoms with E-state index in [4.69, 9.17) is 0 Å². The van der Waals surface area contributed by atoms with Gasteiger partial charge >= 0.3 is 0 Å². The van der Waals surface area contributed by atoms with Crippen LogP contribution in [0.4, 0.5) is 0 Å². The van der Waals surface area contributed by atoms with Crippen molar-refractivity contribution in [3.63, 3.8) is 0 Å². The van der Waals surface area contributed by atoms with Gasteiger partial charge in [0.05, 0.1) is 6.54 Å². The number of carbonyl (C=O) groups is 1. The Hall–Kier alpha value is -0.220. The van der Waals surface area contributed by atoms with E-state index < -0.39 is 4.99 Å². The van der Waals surface area contributed by atoms with Gasteiger partial charge in [-0.3, -0.25) is 9.69 Å². The van der Waals surface area contributed by atoms with Crippen LogP contribution in [0.5, 0.6) is 0 Å². The third-order valence-electron chi connectivity index (χ3n) is 1.50. The van der Waals surface area contributed by atoms with E-state index in [0.717, 1.165) is 0 Å². The van der Waals surface area contributed by atoms with Crippen molar-refractivity contribution in [1.29, 1.82) is 0 Å². The van der Waals surface area contributed by atoms with Crippen molar-refractivity contribution in [3.05, 3.63) is 0 Å². The lowest BCUT2D eigenvalue weighted by atomic mass is 10.5. The van der Waals surface area contributed by atoms with Crippen molar-refractivity contribution in [3.8, 4) is 0 Å². The lowest BCUT2D eigenvalue weighted by molar-refractivity contribution is -0.118. The number of amides is 1.